The van der Waals surface area contributed by atoms with Crippen LogP contribution >= 0.6 is 7.82 Å². The highest BCUT2D eigenvalue weighted by Gasteiger charge is 2.28. The van der Waals surface area contributed by atoms with E-state index >= 15 is 0 Å². The van der Waals surface area contributed by atoms with Gasteiger partial charge in [0.05, 0.1) is 19.8 Å². The topological polar surface area (TPSA) is 155 Å². The molecular formula is C64H107O11P. The van der Waals surface area contributed by atoms with Crippen LogP contribution in [0.1, 0.15) is 239 Å². The minimum absolute atomic E-state index is 0.140. The molecule has 0 radical (unpaired) electrons. The Kier molecular flexibility index (Phi) is 54.4. The summed E-state index contributed by atoms with van der Waals surface area (Å²) in [5.41, 5.74) is 0. The fourth-order valence-corrected chi connectivity index (χ4v) is 8.39. The van der Waals surface area contributed by atoms with E-state index in [0.717, 1.165) is 141 Å². The van der Waals surface area contributed by atoms with E-state index in [1.807, 2.05) is 0 Å². The van der Waals surface area contributed by atoms with Crippen molar-refractivity contribution >= 4 is 25.7 Å². The molecule has 0 aliphatic rings. The Hall–Kier alpha value is -3.86. The highest BCUT2D eigenvalue weighted by atomic mass is 31.2. The fourth-order valence-electron chi connectivity index (χ4n) is 7.60. The van der Waals surface area contributed by atoms with Gasteiger partial charge in [0, 0.05) is 19.3 Å². The van der Waals surface area contributed by atoms with E-state index in [2.05, 4.69) is 130 Å². The van der Waals surface area contributed by atoms with Crippen LogP contribution in [-0.4, -0.2) is 66.5 Å². The molecule has 0 spiro atoms. The van der Waals surface area contributed by atoms with Crippen LogP contribution in [0, 0.1) is 0 Å². The van der Waals surface area contributed by atoms with Gasteiger partial charge in [0.1, 0.15) is 12.7 Å². The minimum Gasteiger partial charge on any atom is -0.462 e. The zero-order valence-corrected chi connectivity index (χ0v) is 48.8. The maximum Gasteiger partial charge on any atom is 0.472 e. The number of unbranched alkanes of at least 4 members (excludes halogenated alkanes) is 19. The number of rotatable bonds is 54. The number of aliphatic hydroxyl groups excluding tert-OH is 1. The lowest BCUT2D eigenvalue weighted by Gasteiger charge is -2.21. The highest BCUT2D eigenvalue weighted by Crippen LogP contribution is 2.43. The van der Waals surface area contributed by atoms with E-state index in [4.69, 9.17) is 23.3 Å². The van der Waals surface area contributed by atoms with Crippen molar-refractivity contribution in [3.05, 3.63) is 109 Å². The molecule has 0 aromatic carbocycles. The van der Waals surface area contributed by atoms with Gasteiger partial charge in [0.15, 0.2) is 6.10 Å². The van der Waals surface area contributed by atoms with E-state index in [9.17, 15) is 28.9 Å². The molecule has 0 saturated carbocycles. The fraction of sp³-hybridized carbons (Fsp3) is 0.672. The number of carbonyl (C=O) groups is 3. The number of allylic oxidation sites excluding steroid dienone is 18. The Labute approximate surface area is 463 Å². The zero-order chi connectivity index (χ0) is 55.5. The first-order chi connectivity index (χ1) is 37.2. The molecule has 76 heavy (non-hydrogen) atoms. The Morgan fingerprint density at radius 2 is 0.697 bits per heavy atom. The van der Waals surface area contributed by atoms with Gasteiger partial charge in [-0.1, -0.05) is 207 Å². The molecule has 434 valence electrons. The second-order valence-electron chi connectivity index (χ2n) is 19.4. The first-order valence-corrected chi connectivity index (χ1v) is 31.3. The van der Waals surface area contributed by atoms with Gasteiger partial charge in [-0.3, -0.25) is 23.4 Å². The average molecular weight is 1080 g/mol. The van der Waals surface area contributed by atoms with E-state index in [0.29, 0.717) is 19.3 Å². The minimum atomic E-state index is -4.77. The lowest BCUT2D eigenvalue weighted by molar-refractivity contribution is -0.161. The highest BCUT2D eigenvalue weighted by molar-refractivity contribution is 7.47. The van der Waals surface area contributed by atoms with E-state index in [1.165, 1.54) is 38.5 Å². The number of phosphoric acid groups is 1. The van der Waals surface area contributed by atoms with Crippen molar-refractivity contribution in [3.8, 4) is 0 Å². The van der Waals surface area contributed by atoms with Gasteiger partial charge in [-0.15, -0.1) is 0 Å². The lowest BCUT2D eigenvalue weighted by atomic mass is 10.1. The Morgan fingerprint density at radius 1 is 0.382 bits per heavy atom. The Morgan fingerprint density at radius 3 is 1.12 bits per heavy atom. The molecule has 12 heteroatoms. The van der Waals surface area contributed by atoms with E-state index in [-0.39, 0.29) is 25.9 Å². The quantitative estimate of drug-likeness (QED) is 0.0197. The van der Waals surface area contributed by atoms with Gasteiger partial charge in [-0.05, 0) is 122 Å². The van der Waals surface area contributed by atoms with Crippen molar-refractivity contribution < 1.29 is 52.2 Å². The SMILES string of the molecule is CC/C=C\C/C=C\C/C=C\C/C=C\C/C=C\CCCCCC(=O)OCC(COP(=O)(O)OCC(CO)OC(=O)CCCCCCC/C=C\CCCC)OC(=O)CCCCCCCC/C=C\C/C=C\C/C=C\CCCCC. The number of hydrogen-bond acceptors (Lipinski definition) is 10. The summed E-state index contributed by atoms with van der Waals surface area (Å²) in [4.78, 5) is 48.6. The zero-order valence-electron chi connectivity index (χ0n) is 47.9. The van der Waals surface area contributed by atoms with Gasteiger partial charge in [0.2, 0.25) is 0 Å². The van der Waals surface area contributed by atoms with Crippen LogP contribution in [0.4, 0.5) is 0 Å². The standard InChI is InChI=1S/C64H107O11P/c1-4-7-10-13-16-19-22-24-26-28-30-32-34-36-39-41-44-47-50-53-62(66)71-57-61(75-64(68)55-52-49-46-43-40-37-35-33-31-29-27-25-23-20-17-14-11-8-5-2)59-73-76(69,70)72-58-60(56-65)74-63(67)54-51-48-45-42-38-21-18-15-12-9-6-3/h7,10,15-20,24-27,30-33,36,39,60-61,65H,4-6,8-9,11-14,21-23,28-29,34-35,37-38,40-59H2,1-3H3,(H,69,70)/b10-7-,18-15-,19-16-,20-17-,26-24-,27-25-,32-30-,33-31-,39-36-. The molecule has 0 rings (SSSR count). The van der Waals surface area contributed by atoms with Crippen molar-refractivity contribution in [2.45, 2.75) is 251 Å². The Balaban J connectivity index is 4.82. The van der Waals surface area contributed by atoms with Crippen LogP contribution in [-0.2, 0) is 42.2 Å². The second-order valence-corrected chi connectivity index (χ2v) is 20.9. The number of esters is 3. The van der Waals surface area contributed by atoms with Crippen molar-refractivity contribution in [1.29, 1.82) is 0 Å². The van der Waals surface area contributed by atoms with Crippen LogP contribution in [0.3, 0.4) is 0 Å². The smallest absolute Gasteiger partial charge is 0.462 e. The normalized spacial score (nSPS) is 14.1. The molecule has 0 aliphatic heterocycles. The molecule has 0 fully saturated rings. The van der Waals surface area contributed by atoms with Crippen molar-refractivity contribution in [3.63, 3.8) is 0 Å². The maximum atomic E-state index is 12.9. The molecule has 2 N–H and O–H groups in total. The molecule has 0 aromatic heterocycles. The average Bonchev–Trinajstić information content (AvgIpc) is 3.41. The molecule has 0 heterocycles. The van der Waals surface area contributed by atoms with Gasteiger partial charge in [-0.2, -0.15) is 0 Å². The van der Waals surface area contributed by atoms with Gasteiger partial charge < -0.3 is 24.2 Å². The maximum absolute atomic E-state index is 12.9. The summed E-state index contributed by atoms with van der Waals surface area (Å²) in [5, 5.41) is 9.80. The predicted octanol–water partition coefficient (Wildman–Crippen LogP) is 17.8. The lowest BCUT2D eigenvalue weighted by Crippen LogP contribution is -2.30. The van der Waals surface area contributed by atoms with Crippen LogP contribution in [0.15, 0.2) is 109 Å². The molecule has 3 atom stereocenters. The number of phosphoric ester groups is 1. The largest absolute Gasteiger partial charge is 0.472 e. The van der Waals surface area contributed by atoms with Gasteiger partial charge in [0.25, 0.3) is 0 Å². The summed E-state index contributed by atoms with van der Waals surface area (Å²) >= 11 is 0. The first-order valence-electron chi connectivity index (χ1n) is 29.8. The van der Waals surface area contributed by atoms with Crippen molar-refractivity contribution in [1.82, 2.24) is 0 Å². The molecule has 11 nitrogen and oxygen atoms in total. The first kappa shape index (κ1) is 72.1. The molecule has 0 bridgehead atoms. The third-order valence-electron chi connectivity index (χ3n) is 12.1. The molecule has 0 aromatic rings. The summed E-state index contributed by atoms with van der Waals surface area (Å²) in [6.07, 6.45) is 69.0. The number of carbonyl (C=O) groups excluding carboxylic acids is 3. The van der Waals surface area contributed by atoms with Gasteiger partial charge >= 0.3 is 25.7 Å². The van der Waals surface area contributed by atoms with Crippen LogP contribution in [0.25, 0.3) is 0 Å². The van der Waals surface area contributed by atoms with Crippen molar-refractivity contribution in [2.75, 3.05) is 26.4 Å². The third-order valence-corrected chi connectivity index (χ3v) is 13.1. The summed E-state index contributed by atoms with van der Waals surface area (Å²) in [5.74, 6) is -1.53. The molecule has 0 saturated heterocycles. The number of hydrogen-bond donors (Lipinski definition) is 2. The Bertz CT molecular complexity index is 1690. The predicted molar refractivity (Wildman–Crippen MR) is 316 cm³/mol. The molecule has 0 aliphatic carbocycles. The van der Waals surface area contributed by atoms with E-state index < -0.39 is 57.8 Å². The number of ether oxygens (including phenoxy) is 3. The van der Waals surface area contributed by atoms with Crippen LogP contribution in [0.2, 0.25) is 0 Å². The summed E-state index contributed by atoms with van der Waals surface area (Å²) in [7, 11) is -4.77. The number of aliphatic hydroxyl groups is 1. The summed E-state index contributed by atoms with van der Waals surface area (Å²) < 4.78 is 39.5. The summed E-state index contributed by atoms with van der Waals surface area (Å²) in [6, 6.07) is 0. The van der Waals surface area contributed by atoms with Crippen LogP contribution < -0.4 is 0 Å². The second kappa shape index (κ2) is 57.3. The summed E-state index contributed by atoms with van der Waals surface area (Å²) in [6.45, 7) is 4.40. The van der Waals surface area contributed by atoms with E-state index in [1.54, 1.807) is 0 Å². The molecular weight excluding hydrogens is 976 g/mol. The van der Waals surface area contributed by atoms with Crippen molar-refractivity contribution in [2.24, 2.45) is 0 Å². The monoisotopic (exact) mass is 1080 g/mol. The van der Waals surface area contributed by atoms with Gasteiger partial charge in [-0.25, -0.2) is 4.57 Å². The molecule has 0 amide bonds. The molecule has 3 unspecified atom stereocenters. The third kappa shape index (κ3) is 54.9. The van der Waals surface area contributed by atoms with Crippen LogP contribution in [0.5, 0.6) is 0 Å².